The summed E-state index contributed by atoms with van der Waals surface area (Å²) in [7, 11) is 0. The van der Waals surface area contributed by atoms with E-state index in [0.29, 0.717) is 17.2 Å². The van der Waals surface area contributed by atoms with Crippen molar-refractivity contribution in [2.75, 3.05) is 18.1 Å². The fraction of sp³-hybridized carbons (Fsp3) is 0.500. The molecule has 0 radical (unpaired) electrons. The average molecular weight is 272 g/mol. The summed E-state index contributed by atoms with van der Waals surface area (Å²) in [5.41, 5.74) is 2.13. The normalized spacial score (nSPS) is 18.1. The molecule has 1 aliphatic heterocycles. The first-order chi connectivity index (χ1) is 9.67. The summed E-state index contributed by atoms with van der Waals surface area (Å²) in [5.74, 6) is 0.0253. The first kappa shape index (κ1) is 14.5. The van der Waals surface area contributed by atoms with E-state index in [1.165, 1.54) is 0 Å². The molecule has 0 aromatic heterocycles. The standard InChI is InChI=1S/C16H20N2O2/c1-12(20)15-7-6-13(11-17)10-16(15)18-8-2-4-14(18)5-3-9-19/h6-7,10,14,19H,2-5,8-9H2,1H3. The number of carbonyl (C=O) groups is 1. The molecular weight excluding hydrogens is 252 g/mol. The van der Waals surface area contributed by atoms with Crippen molar-refractivity contribution in [2.45, 2.75) is 38.6 Å². The van der Waals surface area contributed by atoms with Crippen LogP contribution in [0.1, 0.15) is 48.5 Å². The van der Waals surface area contributed by atoms with Crippen LogP contribution >= 0.6 is 0 Å². The van der Waals surface area contributed by atoms with E-state index in [1.807, 2.05) is 6.07 Å². The average Bonchev–Trinajstić information content (AvgIpc) is 2.92. The zero-order valence-electron chi connectivity index (χ0n) is 11.8. The summed E-state index contributed by atoms with van der Waals surface area (Å²) in [5, 5.41) is 18.0. The van der Waals surface area contributed by atoms with Gasteiger partial charge < -0.3 is 10.0 Å². The van der Waals surface area contributed by atoms with Crippen molar-refractivity contribution >= 4 is 11.5 Å². The van der Waals surface area contributed by atoms with Crippen LogP contribution in [0.15, 0.2) is 18.2 Å². The van der Waals surface area contributed by atoms with Crippen molar-refractivity contribution in [2.24, 2.45) is 0 Å². The molecule has 1 fully saturated rings. The van der Waals surface area contributed by atoms with Gasteiger partial charge in [0.05, 0.1) is 11.6 Å². The van der Waals surface area contributed by atoms with Crippen molar-refractivity contribution < 1.29 is 9.90 Å². The maximum atomic E-state index is 11.8. The lowest BCUT2D eigenvalue weighted by Gasteiger charge is -2.28. The van der Waals surface area contributed by atoms with Gasteiger partial charge >= 0.3 is 0 Å². The van der Waals surface area contributed by atoms with Crippen molar-refractivity contribution in [1.82, 2.24) is 0 Å². The second-order valence-electron chi connectivity index (χ2n) is 5.26. The van der Waals surface area contributed by atoms with Gasteiger partial charge in [-0.2, -0.15) is 5.26 Å². The highest BCUT2D eigenvalue weighted by Gasteiger charge is 2.27. The Morgan fingerprint density at radius 3 is 3.00 bits per heavy atom. The molecule has 1 heterocycles. The largest absolute Gasteiger partial charge is 0.396 e. The third-order valence-corrected chi connectivity index (χ3v) is 3.89. The fourth-order valence-electron chi connectivity index (χ4n) is 2.92. The van der Waals surface area contributed by atoms with Gasteiger partial charge in [-0.05, 0) is 50.8 Å². The molecule has 0 spiro atoms. The number of hydrogen-bond acceptors (Lipinski definition) is 4. The summed E-state index contributed by atoms with van der Waals surface area (Å²) in [6.07, 6.45) is 3.86. The van der Waals surface area contributed by atoms with Gasteiger partial charge in [0.15, 0.2) is 5.78 Å². The predicted molar refractivity (Wildman–Crippen MR) is 77.8 cm³/mol. The molecule has 1 saturated heterocycles. The first-order valence-corrected chi connectivity index (χ1v) is 7.10. The zero-order valence-corrected chi connectivity index (χ0v) is 11.8. The monoisotopic (exact) mass is 272 g/mol. The summed E-state index contributed by atoms with van der Waals surface area (Å²) in [6, 6.07) is 7.75. The number of ketones is 1. The second-order valence-corrected chi connectivity index (χ2v) is 5.26. The number of anilines is 1. The van der Waals surface area contributed by atoms with Crippen LogP contribution in [0.25, 0.3) is 0 Å². The van der Waals surface area contributed by atoms with E-state index in [2.05, 4.69) is 11.0 Å². The predicted octanol–water partition coefficient (Wildman–Crippen LogP) is 2.50. The van der Waals surface area contributed by atoms with Gasteiger partial charge in [0, 0.05) is 30.4 Å². The molecule has 1 atom stereocenters. The SMILES string of the molecule is CC(=O)c1ccc(C#N)cc1N1CCCC1CCCO. The number of benzene rings is 1. The lowest BCUT2D eigenvalue weighted by Crippen LogP contribution is -2.30. The Labute approximate surface area is 119 Å². The van der Waals surface area contributed by atoms with E-state index in [4.69, 9.17) is 10.4 Å². The van der Waals surface area contributed by atoms with Crippen LogP contribution in [0.3, 0.4) is 0 Å². The minimum atomic E-state index is 0.0253. The molecule has 0 bridgehead atoms. The highest BCUT2D eigenvalue weighted by molar-refractivity contribution is 6.00. The van der Waals surface area contributed by atoms with Crippen LogP contribution < -0.4 is 4.90 Å². The number of carbonyl (C=O) groups excluding carboxylic acids is 1. The van der Waals surface area contributed by atoms with Crippen LogP contribution in [0.4, 0.5) is 5.69 Å². The topological polar surface area (TPSA) is 64.3 Å². The molecule has 4 nitrogen and oxygen atoms in total. The molecule has 1 aromatic carbocycles. The zero-order chi connectivity index (χ0) is 14.5. The first-order valence-electron chi connectivity index (χ1n) is 7.10. The van der Waals surface area contributed by atoms with Crippen molar-refractivity contribution in [1.29, 1.82) is 5.26 Å². The van der Waals surface area contributed by atoms with Crippen molar-refractivity contribution in [3.8, 4) is 6.07 Å². The lowest BCUT2D eigenvalue weighted by atomic mass is 10.0. The Balaban J connectivity index is 2.34. The van der Waals surface area contributed by atoms with Crippen LogP contribution in [-0.2, 0) is 0 Å². The van der Waals surface area contributed by atoms with Gasteiger partial charge in [-0.3, -0.25) is 4.79 Å². The minimum absolute atomic E-state index is 0.0253. The maximum absolute atomic E-state index is 11.8. The van der Waals surface area contributed by atoms with E-state index in [1.54, 1.807) is 19.1 Å². The Morgan fingerprint density at radius 1 is 1.55 bits per heavy atom. The van der Waals surface area contributed by atoms with Crippen LogP contribution in [0.5, 0.6) is 0 Å². The molecule has 0 saturated carbocycles. The van der Waals surface area contributed by atoms with E-state index >= 15 is 0 Å². The van der Waals surface area contributed by atoms with Gasteiger partial charge in [-0.1, -0.05) is 0 Å². The summed E-state index contributed by atoms with van der Waals surface area (Å²) in [4.78, 5) is 14.0. The fourth-order valence-corrected chi connectivity index (χ4v) is 2.92. The van der Waals surface area contributed by atoms with Crippen LogP contribution in [-0.4, -0.2) is 30.1 Å². The molecule has 0 amide bonds. The highest BCUT2D eigenvalue weighted by atomic mass is 16.2. The number of aliphatic hydroxyl groups is 1. The third-order valence-electron chi connectivity index (χ3n) is 3.89. The number of nitriles is 1. The minimum Gasteiger partial charge on any atom is -0.396 e. The molecule has 1 aliphatic rings. The third kappa shape index (κ3) is 3.00. The number of Topliss-reactive ketones (excluding diaryl/α,β-unsaturated/α-hetero) is 1. The number of nitrogens with zero attached hydrogens (tertiary/aromatic N) is 2. The summed E-state index contributed by atoms with van der Waals surface area (Å²) in [6.45, 7) is 2.66. The number of aliphatic hydroxyl groups excluding tert-OH is 1. The maximum Gasteiger partial charge on any atom is 0.161 e. The second kappa shape index (κ2) is 6.53. The van der Waals surface area contributed by atoms with E-state index in [0.717, 1.165) is 37.9 Å². The molecule has 1 aromatic rings. The van der Waals surface area contributed by atoms with Gasteiger partial charge in [-0.15, -0.1) is 0 Å². The lowest BCUT2D eigenvalue weighted by molar-refractivity contribution is 0.101. The Hall–Kier alpha value is -1.86. The molecular formula is C16H20N2O2. The van der Waals surface area contributed by atoms with Crippen molar-refractivity contribution in [3.05, 3.63) is 29.3 Å². The molecule has 106 valence electrons. The highest BCUT2D eigenvalue weighted by Crippen LogP contribution is 2.31. The Morgan fingerprint density at radius 2 is 2.35 bits per heavy atom. The summed E-state index contributed by atoms with van der Waals surface area (Å²) >= 11 is 0. The van der Waals surface area contributed by atoms with Crippen LogP contribution in [0, 0.1) is 11.3 Å². The summed E-state index contributed by atoms with van der Waals surface area (Å²) < 4.78 is 0. The molecule has 1 unspecified atom stereocenters. The smallest absolute Gasteiger partial charge is 0.161 e. The molecule has 1 N–H and O–H groups in total. The van der Waals surface area contributed by atoms with E-state index in [9.17, 15) is 4.79 Å². The van der Waals surface area contributed by atoms with E-state index in [-0.39, 0.29) is 12.4 Å². The van der Waals surface area contributed by atoms with E-state index < -0.39 is 0 Å². The van der Waals surface area contributed by atoms with Gasteiger partial charge in [0.2, 0.25) is 0 Å². The molecule has 20 heavy (non-hydrogen) atoms. The van der Waals surface area contributed by atoms with Gasteiger partial charge in [-0.25, -0.2) is 0 Å². The number of rotatable bonds is 5. The Bertz CT molecular complexity index is 534. The quantitative estimate of drug-likeness (QED) is 0.836. The van der Waals surface area contributed by atoms with Gasteiger partial charge in [0.25, 0.3) is 0 Å². The number of hydrogen-bond donors (Lipinski definition) is 1. The molecule has 0 aliphatic carbocycles. The molecule has 4 heteroatoms. The Kier molecular flexibility index (Phi) is 4.75. The van der Waals surface area contributed by atoms with Crippen molar-refractivity contribution in [3.63, 3.8) is 0 Å². The van der Waals surface area contributed by atoms with Gasteiger partial charge in [0.1, 0.15) is 0 Å². The molecule has 2 rings (SSSR count). The van der Waals surface area contributed by atoms with Crippen LogP contribution in [0.2, 0.25) is 0 Å².